The number of ether oxygens (including phenoxy) is 1. The molecule has 25 heavy (non-hydrogen) atoms. The molecule has 0 saturated carbocycles. The van der Waals surface area contributed by atoms with E-state index in [1.807, 2.05) is 13.0 Å². The van der Waals surface area contributed by atoms with Gasteiger partial charge >= 0.3 is 5.97 Å². The minimum absolute atomic E-state index is 0.00508. The van der Waals surface area contributed by atoms with Crippen LogP contribution in [0.4, 0.5) is 0 Å². The Kier molecular flexibility index (Phi) is 8.24. The van der Waals surface area contributed by atoms with Crippen LogP contribution in [0, 0.1) is 5.92 Å². The van der Waals surface area contributed by atoms with Crippen LogP contribution in [-0.4, -0.2) is 12.6 Å². The fourth-order valence-corrected chi connectivity index (χ4v) is 3.12. The standard InChI is InChI=1S/C23H30O2/c1-3-19-13-15-21(16-14-19)17-18-22(23(24)25-4-2)12-8-11-20-9-6-5-7-10-20/h5-7,9-10,13-16,22H,3-4,8,11-12,17-18H2,1-2H3. The highest BCUT2D eigenvalue weighted by molar-refractivity contribution is 5.72. The van der Waals surface area contributed by atoms with Gasteiger partial charge in [-0.25, -0.2) is 0 Å². The number of rotatable bonds is 10. The van der Waals surface area contributed by atoms with Gasteiger partial charge < -0.3 is 4.74 Å². The summed E-state index contributed by atoms with van der Waals surface area (Å²) >= 11 is 0. The summed E-state index contributed by atoms with van der Waals surface area (Å²) in [5, 5.41) is 0. The molecule has 2 aromatic rings. The van der Waals surface area contributed by atoms with Crippen molar-refractivity contribution in [2.24, 2.45) is 5.92 Å². The van der Waals surface area contributed by atoms with Crippen molar-refractivity contribution in [1.29, 1.82) is 0 Å². The molecule has 0 heterocycles. The van der Waals surface area contributed by atoms with Crippen molar-refractivity contribution in [2.45, 2.75) is 52.4 Å². The summed E-state index contributed by atoms with van der Waals surface area (Å²) in [4.78, 5) is 12.3. The van der Waals surface area contributed by atoms with Crippen LogP contribution < -0.4 is 0 Å². The first kappa shape index (κ1) is 19.2. The molecule has 0 fully saturated rings. The van der Waals surface area contributed by atoms with Crippen LogP contribution in [0.25, 0.3) is 0 Å². The topological polar surface area (TPSA) is 26.3 Å². The number of benzene rings is 2. The third kappa shape index (κ3) is 6.74. The lowest BCUT2D eigenvalue weighted by atomic mass is 9.93. The highest BCUT2D eigenvalue weighted by atomic mass is 16.5. The van der Waals surface area contributed by atoms with Crippen LogP contribution >= 0.6 is 0 Å². The number of aryl methyl sites for hydroxylation is 3. The molecule has 0 N–H and O–H groups in total. The van der Waals surface area contributed by atoms with Crippen molar-refractivity contribution >= 4 is 5.97 Å². The molecule has 0 bridgehead atoms. The summed E-state index contributed by atoms with van der Waals surface area (Å²) in [6.07, 6.45) is 5.77. The van der Waals surface area contributed by atoms with Gasteiger partial charge in [-0.3, -0.25) is 4.79 Å². The molecule has 2 rings (SSSR count). The van der Waals surface area contributed by atoms with E-state index in [0.29, 0.717) is 6.61 Å². The van der Waals surface area contributed by atoms with E-state index in [9.17, 15) is 4.79 Å². The Balaban J connectivity index is 1.87. The molecule has 1 atom stereocenters. The molecule has 2 nitrogen and oxygen atoms in total. The van der Waals surface area contributed by atoms with Crippen LogP contribution in [0.15, 0.2) is 54.6 Å². The van der Waals surface area contributed by atoms with Crippen molar-refractivity contribution in [2.75, 3.05) is 6.61 Å². The van der Waals surface area contributed by atoms with E-state index in [4.69, 9.17) is 4.74 Å². The molecule has 2 heteroatoms. The number of esters is 1. The average Bonchev–Trinajstić information content (AvgIpc) is 2.66. The lowest BCUT2D eigenvalue weighted by Gasteiger charge is -2.16. The highest BCUT2D eigenvalue weighted by Gasteiger charge is 2.19. The predicted octanol–water partition coefficient (Wildman–Crippen LogP) is 5.38. The summed E-state index contributed by atoms with van der Waals surface area (Å²) < 4.78 is 5.29. The predicted molar refractivity (Wildman–Crippen MR) is 104 cm³/mol. The van der Waals surface area contributed by atoms with Gasteiger partial charge in [0, 0.05) is 0 Å². The SMILES string of the molecule is CCOC(=O)C(CCCc1ccccc1)CCc1ccc(CC)cc1. The van der Waals surface area contributed by atoms with Gasteiger partial charge in [0.15, 0.2) is 0 Å². The maximum atomic E-state index is 12.3. The molecule has 0 amide bonds. The van der Waals surface area contributed by atoms with E-state index in [2.05, 4.69) is 55.5 Å². The van der Waals surface area contributed by atoms with E-state index < -0.39 is 0 Å². The molecule has 0 aliphatic carbocycles. The number of carbonyl (C=O) groups excluding carboxylic acids is 1. The first-order valence-electron chi connectivity index (χ1n) is 9.51. The zero-order valence-corrected chi connectivity index (χ0v) is 15.5. The second kappa shape index (κ2) is 10.7. The molecule has 0 aliphatic heterocycles. The molecule has 0 aromatic heterocycles. The molecule has 0 radical (unpaired) electrons. The van der Waals surface area contributed by atoms with Gasteiger partial charge in [0.25, 0.3) is 0 Å². The molecule has 0 saturated heterocycles. The Morgan fingerprint density at radius 2 is 1.48 bits per heavy atom. The number of hydrogen-bond acceptors (Lipinski definition) is 2. The van der Waals surface area contributed by atoms with Gasteiger partial charge in [-0.05, 0) is 62.1 Å². The quantitative estimate of drug-likeness (QED) is 0.543. The van der Waals surface area contributed by atoms with Crippen molar-refractivity contribution in [3.63, 3.8) is 0 Å². The van der Waals surface area contributed by atoms with Crippen LogP contribution in [0.5, 0.6) is 0 Å². The Morgan fingerprint density at radius 3 is 2.12 bits per heavy atom. The fourth-order valence-electron chi connectivity index (χ4n) is 3.12. The normalized spacial score (nSPS) is 11.9. The summed E-state index contributed by atoms with van der Waals surface area (Å²) in [5.41, 5.74) is 3.99. The first-order chi connectivity index (χ1) is 12.2. The second-order valence-corrected chi connectivity index (χ2v) is 6.54. The van der Waals surface area contributed by atoms with E-state index in [1.165, 1.54) is 16.7 Å². The molecule has 2 aromatic carbocycles. The maximum absolute atomic E-state index is 12.3. The minimum atomic E-state index is -0.0410. The lowest BCUT2D eigenvalue weighted by Crippen LogP contribution is -2.19. The fraction of sp³-hybridized carbons (Fsp3) is 0.435. The average molecular weight is 338 g/mol. The van der Waals surface area contributed by atoms with Gasteiger partial charge in [-0.2, -0.15) is 0 Å². The lowest BCUT2D eigenvalue weighted by molar-refractivity contribution is -0.148. The van der Waals surface area contributed by atoms with Crippen LogP contribution in [-0.2, 0) is 28.8 Å². The smallest absolute Gasteiger partial charge is 0.308 e. The largest absolute Gasteiger partial charge is 0.466 e. The summed E-state index contributed by atoms with van der Waals surface area (Å²) in [6, 6.07) is 19.2. The van der Waals surface area contributed by atoms with E-state index >= 15 is 0 Å². The third-order valence-corrected chi connectivity index (χ3v) is 4.69. The molecular formula is C23H30O2. The number of carbonyl (C=O) groups is 1. The third-order valence-electron chi connectivity index (χ3n) is 4.69. The Labute approximate surface area is 152 Å². The zero-order chi connectivity index (χ0) is 17.9. The molecule has 0 aliphatic rings. The van der Waals surface area contributed by atoms with Crippen LogP contribution in [0.2, 0.25) is 0 Å². The molecule has 134 valence electrons. The summed E-state index contributed by atoms with van der Waals surface area (Å²) in [6.45, 7) is 4.50. The molecule has 1 unspecified atom stereocenters. The van der Waals surface area contributed by atoms with Gasteiger partial charge in [-0.15, -0.1) is 0 Å². The van der Waals surface area contributed by atoms with Crippen LogP contribution in [0.1, 0.15) is 49.8 Å². The van der Waals surface area contributed by atoms with Gasteiger partial charge in [0.2, 0.25) is 0 Å². The first-order valence-corrected chi connectivity index (χ1v) is 9.51. The highest BCUT2D eigenvalue weighted by Crippen LogP contribution is 2.19. The summed E-state index contributed by atoms with van der Waals surface area (Å²) in [7, 11) is 0. The van der Waals surface area contributed by atoms with Gasteiger partial charge in [0.05, 0.1) is 12.5 Å². The van der Waals surface area contributed by atoms with E-state index in [1.54, 1.807) is 0 Å². The Bertz CT molecular complexity index is 616. The maximum Gasteiger partial charge on any atom is 0.308 e. The van der Waals surface area contributed by atoms with Crippen molar-refractivity contribution in [1.82, 2.24) is 0 Å². The molecule has 0 spiro atoms. The van der Waals surface area contributed by atoms with E-state index in [-0.39, 0.29) is 11.9 Å². The Hall–Kier alpha value is -2.09. The zero-order valence-electron chi connectivity index (χ0n) is 15.5. The van der Waals surface area contributed by atoms with Gasteiger partial charge in [0.1, 0.15) is 0 Å². The second-order valence-electron chi connectivity index (χ2n) is 6.54. The molecular weight excluding hydrogens is 308 g/mol. The monoisotopic (exact) mass is 338 g/mol. The van der Waals surface area contributed by atoms with Crippen LogP contribution in [0.3, 0.4) is 0 Å². The van der Waals surface area contributed by atoms with Gasteiger partial charge in [-0.1, -0.05) is 61.5 Å². The van der Waals surface area contributed by atoms with Crippen molar-refractivity contribution < 1.29 is 9.53 Å². The van der Waals surface area contributed by atoms with Crippen molar-refractivity contribution in [3.8, 4) is 0 Å². The van der Waals surface area contributed by atoms with Crippen molar-refractivity contribution in [3.05, 3.63) is 71.3 Å². The Morgan fingerprint density at radius 1 is 0.840 bits per heavy atom. The summed E-state index contributed by atoms with van der Waals surface area (Å²) in [5.74, 6) is -0.0461. The minimum Gasteiger partial charge on any atom is -0.466 e. The van der Waals surface area contributed by atoms with E-state index in [0.717, 1.165) is 38.5 Å². The number of hydrogen-bond donors (Lipinski definition) is 0.